The standard InChI is InChI=1S/C17H17NO/c1-13-11-15-9-5-6-10-16(15)18(13)12-17(19)14-7-3-2-4-8-14/h2-10,13H,11-12H2,1H3. The monoisotopic (exact) mass is 251 g/mol. The van der Waals surface area contributed by atoms with Crippen LogP contribution in [0.5, 0.6) is 0 Å². The van der Waals surface area contributed by atoms with Crippen LogP contribution in [0.25, 0.3) is 0 Å². The van der Waals surface area contributed by atoms with Crippen molar-refractivity contribution in [2.75, 3.05) is 11.4 Å². The fraction of sp³-hybridized carbons (Fsp3) is 0.235. The van der Waals surface area contributed by atoms with Crippen LogP contribution in [0, 0.1) is 0 Å². The number of Topliss-reactive ketones (excluding diaryl/α,β-unsaturated/α-hetero) is 1. The zero-order chi connectivity index (χ0) is 13.2. The van der Waals surface area contributed by atoms with E-state index in [4.69, 9.17) is 0 Å². The molecule has 0 spiro atoms. The maximum Gasteiger partial charge on any atom is 0.182 e. The average molecular weight is 251 g/mol. The van der Waals surface area contributed by atoms with Gasteiger partial charge in [-0.2, -0.15) is 0 Å². The van der Waals surface area contributed by atoms with Crippen molar-refractivity contribution in [1.82, 2.24) is 0 Å². The molecule has 1 aliphatic rings. The molecule has 0 amide bonds. The molecular formula is C17H17NO. The number of anilines is 1. The zero-order valence-corrected chi connectivity index (χ0v) is 11.0. The Morgan fingerprint density at radius 2 is 1.79 bits per heavy atom. The van der Waals surface area contributed by atoms with E-state index in [9.17, 15) is 4.79 Å². The molecule has 0 fully saturated rings. The molecule has 96 valence electrons. The first-order valence-corrected chi connectivity index (χ1v) is 6.68. The molecule has 0 saturated carbocycles. The van der Waals surface area contributed by atoms with Crippen molar-refractivity contribution in [1.29, 1.82) is 0 Å². The van der Waals surface area contributed by atoms with Crippen molar-refractivity contribution in [3.05, 3.63) is 65.7 Å². The third kappa shape index (κ3) is 2.26. The van der Waals surface area contributed by atoms with Gasteiger partial charge in [-0.25, -0.2) is 0 Å². The molecule has 3 rings (SSSR count). The van der Waals surface area contributed by atoms with Crippen molar-refractivity contribution in [3.8, 4) is 0 Å². The first-order chi connectivity index (χ1) is 9.25. The van der Waals surface area contributed by atoms with E-state index in [0.29, 0.717) is 12.6 Å². The first-order valence-electron chi connectivity index (χ1n) is 6.68. The molecule has 0 bridgehead atoms. The number of fused-ring (bicyclic) bond motifs is 1. The lowest BCUT2D eigenvalue weighted by atomic mass is 10.1. The van der Waals surface area contributed by atoms with Crippen LogP contribution in [0.4, 0.5) is 5.69 Å². The summed E-state index contributed by atoms with van der Waals surface area (Å²) in [5, 5.41) is 0. The number of ketones is 1. The number of carbonyl (C=O) groups is 1. The summed E-state index contributed by atoms with van der Waals surface area (Å²) in [7, 11) is 0. The lowest BCUT2D eigenvalue weighted by Crippen LogP contribution is -2.34. The van der Waals surface area contributed by atoms with Gasteiger partial charge in [0.25, 0.3) is 0 Å². The molecule has 1 unspecified atom stereocenters. The van der Waals surface area contributed by atoms with Crippen LogP contribution in [0.15, 0.2) is 54.6 Å². The lowest BCUT2D eigenvalue weighted by molar-refractivity contribution is 0.0997. The second-order valence-electron chi connectivity index (χ2n) is 5.10. The van der Waals surface area contributed by atoms with Crippen LogP contribution in [-0.2, 0) is 6.42 Å². The number of rotatable bonds is 3. The highest BCUT2D eigenvalue weighted by molar-refractivity contribution is 5.99. The molecule has 2 heteroatoms. The summed E-state index contributed by atoms with van der Waals surface area (Å²) in [6.07, 6.45) is 1.03. The second-order valence-corrected chi connectivity index (χ2v) is 5.10. The predicted molar refractivity (Wildman–Crippen MR) is 77.7 cm³/mol. The molecular weight excluding hydrogens is 234 g/mol. The highest BCUT2D eigenvalue weighted by Gasteiger charge is 2.27. The van der Waals surface area contributed by atoms with Gasteiger partial charge in [0.15, 0.2) is 5.78 Å². The van der Waals surface area contributed by atoms with Gasteiger partial charge in [0.05, 0.1) is 6.54 Å². The fourth-order valence-electron chi connectivity index (χ4n) is 2.74. The summed E-state index contributed by atoms with van der Waals surface area (Å²) in [6.45, 7) is 2.64. The molecule has 0 aliphatic carbocycles. The smallest absolute Gasteiger partial charge is 0.182 e. The molecule has 2 aromatic rings. The predicted octanol–water partition coefficient (Wildman–Crippen LogP) is 3.32. The molecule has 0 saturated heterocycles. The Hall–Kier alpha value is -2.09. The Morgan fingerprint density at radius 1 is 1.11 bits per heavy atom. The van der Waals surface area contributed by atoms with Gasteiger partial charge in [0.2, 0.25) is 0 Å². The molecule has 1 aliphatic heterocycles. The van der Waals surface area contributed by atoms with Crippen molar-refractivity contribution in [2.45, 2.75) is 19.4 Å². The Morgan fingerprint density at radius 3 is 2.58 bits per heavy atom. The van der Waals surface area contributed by atoms with E-state index in [1.54, 1.807) is 0 Å². The molecule has 2 aromatic carbocycles. The zero-order valence-electron chi connectivity index (χ0n) is 11.0. The summed E-state index contributed by atoms with van der Waals surface area (Å²) in [6, 6.07) is 18.3. The summed E-state index contributed by atoms with van der Waals surface area (Å²) in [4.78, 5) is 14.5. The Balaban J connectivity index is 1.82. The van der Waals surface area contributed by atoms with Crippen LogP contribution in [0.1, 0.15) is 22.8 Å². The topological polar surface area (TPSA) is 20.3 Å². The van der Waals surface area contributed by atoms with E-state index in [1.807, 2.05) is 36.4 Å². The van der Waals surface area contributed by atoms with Gasteiger partial charge >= 0.3 is 0 Å². The van der Waals surface area contributed by atoms with Gasteiger partial charge in [-0.05, 0) is 25.0 Å². The SMILES string of the molecule is CC1Cc2ccccc2N1CC(=O)c1ccccc1. The summed E-state index contributed by atoms with van der Waals surface area (Å²) in [5.41, 5.74) is 3.34. The largest absolute Gasteiger partial charge is 0.361 e. The number of hydrogen-bond donors (Lipinski definition) is 0. The third-order valence-corrected chi connectivity index (χ3v) is 3.76. The van der Waals surface area contributed by atoms with Gasteiger partial charge in [-0.1, -0.05) is 48.5 Å². The van der Waals surface area contributed by atoms with Crippen LogP contribution < -0.4 is 4.90 Å². The number of benzene rings is 2. The van der Waals surface area contributed by atoms with Crippen LogP contribution in [0.2, 0.25) is 0 Å². The minimum Gasteiger partial charge on any atom is -0.361 e. The van der Waals surface area contributed by atoms with Gasteiger partial charge in [0, 0.05) is 17.3 Å². The number of carbonyl (C=O) groups excluding carboxylic acids is 1. The van der Waals surface area contributed by atoms with Gasteiger partial charge in [-0.15, -0.1) is 0 Å². The summed E-state index contributed by atoms with van der Waals surface area (Å²) in [5.74, 6) is 0.184. The van der Waals surface area contributed by atoms with E-state index in [2.05, 4.69) is 30.0 Å². The fourth-order valence-corrected chi connectivity index (χ4v) is 2.74. The Bertz CT molecular complexity index is 591. The Labute approximate surface area is 113 Å². The average Bonchev–Trinajstić information content (AvgIpc) is 2.76. The van der Waals surface area contributed by atoms with E-state index >= 15 is 0 Å². The molecule has 0 aromatic heterocycles. The van der Waals surface area contributed by atoms with E-state index in [-0.39, 0.29) is 5.78 Å². The minimum absolute atomic E-state index is 0.184. The summed E-state index contributed by atoms with van der Waals surface area (Å²) < 4.78 is 0. The first kappa shape index (κ1) is 12.0. The van der Waals surface area contributed by atoms with Crippen LogP contribution in [-0.4, -0.2) is 18.4 Å². The molecule has 1 heterocycles. The maximum absolute atomic E-state index is 12.3. The number of para-hydroxylation sites is 1. The second kappa shape index (κ2) is 4.88. The third-order valence-electron chi connectivity index (χ3n) is 3.76. The molecule has 2 nitrogen and oxygen atoms in total. The van der Waals surface area contributed by atoms with Crippen molar-refractivity contribution in [2.24, 2.45) is 0 Å². The molecule has 19 heavy (non-hydrogen) atoms. The van der Waals surface area contributed by atoms with E-state index in [0.717, 1.165) is 12.0 Å². The van der Waals surface area contributed by atoms with Gasteiger partial charge in [0.1, 0.15) is 0 Å². The van der Waals surface area contributed by atoms with Crippen LogP contribution in [0.3, 0.4) is 0 Å². The molecule has 0 radical (unpaired) electrons. The lowest BCUT2D eigenvalue weighted by Gasteiger charge is -2.24. The van der Waals surface area contributed by atoms with Crippen LogP contribution >= 0.6 is 0 Å². The van der Waals surface area contributed by atoms with E-state index < -0.39 is 0 Å². The van der Waals surface area contributed by atoms with Gasteiger partial charge in [-0.3, -0.25) is 4.79 Å². The number of hydrogen-bond acceptors (Lipinski definition) is 2. The highest BCUT2D eigenvalue weighted by Crippen LogP contribution is 2.31. The molecule has 0 N–H and O–H groups in total. The quantitative estimate of drug-likeness (QED) is 0.780. The minimum atomic E-state index is 0.184. The summed E-state index contributed by atoms with van der Waals surface area (Å²) >= 11 is 0. The normalized spacial score (nSPS) is 17.3. The number of nitrogens with zero attached hydrogens (tertiary/aromatic N) is 1. The molecule has 1 atom stereocenters. The Kier molecular flexibility index (Phi) is 3.08. The highest BCUT2D eigenvalue weighted by atomic mass is 16.1. The maximum atomic E-state index is 12.3. The van der Waals surface area contributed by atoms with Crippen molar-refractivity contribution in [3.63, 3.8) is 0 Å². The van der Waals surface area contributed by atoms with Crippen molar-refractivity contribution >= 4 is 11.5 Å². The van der Waals surface area contributed by atoms with Gasteiger partial charge < -0.3 is 4.90 Å². The van der Waals surface area contributed by atoms with E-state index in [1.165, 1.54) is 11.3 Å². The van der Waals surface area contributed by atoms with Crippen molar-refractivity contribution < 1.29 is 4.79 Å².